The van der Waals surface area contributed by atoms with Crippen molar-refractivity contribution in [2.75, 3.05) is 5.73 Å². The maximum Gasteiger partial charge on any atom is 0.0534 e. The average Bonchev–Trinajstić information content (AvgIpc) is 2.12. The summed E-state index contributed by atoms with van der Waals surface area (Å²) in [6.45, 7) is 5.65. The van der Waals surface area contributed by atoms with Crippen LogP contribution in [-0.4, -0.2) is 0 Å². The fourth-order valence-electron chi connectivity index (χ4n) is 1.10. The molecule has 0 amide bonds. The van der Waals surface area contributed by atoms with E-state index in [4.69, 9.17) is 5.73 Å². The van der Waals surface area contributed by atoms with Crippen LogP contribution in [0.25, 0.3) is 6.08 Å². The molecule has 0 fully saturated rings. The molecule has 0 saturated heterocycles. The van der Waals surface area contributed by atoms with E-state index in [1.165, 1.54) is 5.56 Å². The van der Waals surface area contributed by atoms with E-state index in [-0.39, 0.29) is 0 Å². The Morgan fingerprint density at radius 2 is 2.15 bits per heavy atom. The summed E-state index contributed by atoms with van der Waals surface area (Å²) < 4.78 is 0.932. The number of aryl methyl sites for hydroxylation is 1. The highest BCUT2D eigenvalue weighted by Crippen LogP contribution is 2.27. The van der Waals surface area contributed by atoms with Gasteiger partial charge in [0.25, 0.3) is 0 Å². The summed E-state index contributed by atoms with van der Waals surface area (Å²) in [4.78, 5) is 0. The third-order valence-electron chi connectivity index (χ3n) is 1.85. The van der Waals surface area contributed by atoms with Crippen molar-refractivity contribution in [2.45, 2.75) is 6.92 Å². The lowest BCUT2D eigenvalue weighted by atomic mass is 10.1. The van der Waals surface area contributed by atoms with Crippen LogP contribution in [0.1, 0.15) is 11.1 Å². The molecule has 1 rings (SSSR count). The lowest BCUT2D eigenvalue weighted by Crippen LogP contribution is -1.93. The van der Waals surface area contributed by atoms with Gasteiger partial charge in [0.15, 0.2) is 0 Å². The van der Waals surface area contributed by atoms with Gasteiger partial charge in [0.1, 0.15) is 0 Å². The van der Waals surface area contributed by atoms with Gasteiger partial charge in [-0.05, 0) is 34.5 Å². The molecule has 1 nitrogen and oxygen atoms in total. The molecule has 0 aliphatic rings. The predicted octanol–water partition coefficient (Wildman–Crippen LogP) is 3.54. The third-order valence-corrected chi connectivity index (χ3v) is 2.54. The number of anilines is 1. The monoisotopic (exact) mass is 237 g/mol. The summed E-state index contributed by atoms with van der Waals surface area (Å²) >= 11 is 3.39. The molecule has 68 valence electrons. The molecule has 0 heterocycles. The van der Waals surface area contributed by atoms with Crippen molar-refractivity contribution in [2.24, 2.45) is 0 Å². The Morgan fingerprint density at radius 3 is 2.77 bits per heavy atom. The van der Waals surface area contributed by atoms with Gasteiger partial charge in [0, 0.05) is 10.0 Å². The van der Waals surface area contributed by atoms with Crippen molar-refractivity contribution in [3.63, 3.8) is 0 Å². The maximum absolute atomic E-state index is 5.89. The van der Waals surface area contributed by atoms with E-state index in [1.807, 2.05) is 31.2 Å². The molecule has 0 radical (unpaired) electrons. The van der Waals surface area contributed by atoms with Crippen molar-refractivity contribution in [3.05, 3.63) is 46.5 Å². The summed E-state index contributed by atoms with van der Waals surface area (Å²) in [5.41, 5.74) is 8.88. The Kier molecular flexibility index (Phi) is 3.32. The Morgan fingerprint density at radius 1 is 1.46 bits per heavy atom. The van der Waals surface area contributed by atoms with Gasteiger partial charge in [0.05, 0.1) is 5.69 Å². The highest BCUT2D eigenvalue weighted by molar-refractivity contribution is 9.10. The molecule has 0 bridgehead atoms. The molecule has 2 heteroatoms. The smallest absolute Gasteiger partial charge is 0.0534 e. The molecular formula is C11H12BrN. The minimum absolute atomic E-state index is 0.776. The minimum Gasteiger partial charge on any atom is -0.397 e. The van der Waals surface area contributed by atoms with Gasteiger partial charge in [-0.1, -0.05) is 30.9 Å². The number of nitrogen functional groups attached to an aromatic ring is 1. The number of hydrogen-bond donors (Lipinski definition) is 1. The zero-order valence-electron chi connectivity index (χ0n) is 7.55. The topological polar surface area (TPSA) is 26.0 Å². The molecule has 2 N–H and O–H groups in total. The van der Waals surface area contributed by atoms with Crippen molar-refractivity contribution < 1.29 is 0 Å². The first-order chi connectivity index (χ1) is 6.16. The van der Waals surface area contributed by atoms with Crippen LogP contribution in [0.4, 0.5) is 5.69 Å². The van der Waals surface area contributed by atoms with E-state index in [2.05, 4.69) is 22.5 Å². The van der Waals surface area contributed by atoms with E-state index in [0.717, 1.165) is 15.7 Å². The lowest BCUT2D eigenvalue weighted by molar-refractivity contribution is 1.43. The SMILES string of the molecule is C=C/C=C\c1c(C)ccc(Br)c1N. The van der Waals surface area contributed by atoms with Gasteiger partial charge in [-0.25, -0.2) is 0 Å². The number of nitrogens with two attached hydrogens (primary N) is 1. The first kappa shape index (κ1) is 10.1. The fraction of sp³-hybridized carbons (Fsp3) is 0.0909. The standard InChI is InChI=1S/C11H12BrN/c1-3-4-5-9-8(2)6-7-10(12)11(9)13/h3-7H,1,13H2,2H3/b5-4-. The quantitative estimate of drug-likeness (QED) is 0.618. The molecule has 0 aliphatic heterocycles. The highest BCUT2D eigenvalue weighted by Gasteiger charge is 2.02. The summed E-state index contributed by atoms with van der Waals surface area (Å²) in [6, 6.07) is 3.99. The normalized spacial score (nSPS) is 10.6. The molecule has 0 aromatic heterocycles. The molecule has 0 saturated carbocycles. The molecule has 0 atom stereocenters. The third kappa shape index (κ3) is 2.22. The van der Waals surface area contributed by atoms with Crippen LogP contribution < -0.4 is 5.73 Å². The Balaban J connectivity index is 3.25. The van der Waals surface area contributed by atoms with Crippen molar-refractivity contribution in [1.29, 1.82) is 0 Å². The molecule has 0 aliphatic carbocycles. The molecule has 0 spiro atoms. The van der Waals surface area contributed by atoms with Crippen LogP contribution in [0.5, 0.6) is 0 Å². The van der Waals surface area contributed by atoms with Gasteiger partial charge in [-0.3, -0.25) is 0 Å². The number of allylic oxidation sites excluding steroid dienone is 2. The Hall–Kier alpha value is -1.02. The van der Waals surface area contributed by atoms with E-state index in [0.29, 0.717) is 0 Å². The van der Waals surface area contributed by atoms with E-state index >= 15 is 0 Å². The first-order valence-electron chi connectivity index (χ1n) is 4.00. The largest absolute Gasteiger partial charge is 0.397 e. The van der Waals surface area contributed by atoms with Crippen LogP contribution in [-0.2, 0) is 0 Å². The molecule has 1 aromatic rings. The highest BCUT2D eigenvalue weighted by atomic mass is 79.9. The van der Waals surface area contributed by atoms with E-state index in [9.17, 15) is 0 Å². The second kappa shape index (κ2) is 4.28. The first-order valence-corrected chi connectivity index (χ1v) is 4.79. The second-order valence-electron chi connectivity index (χ2n) is 2.79. The van der Waals surface area contributed by atoms with Crippen molar-refractivity contribution in [3.8, 4) is 0 Å². The van der Waals surface area contributed by atoms with Gasteiger partial charge in [-0.15, -0.1) is 0 Å². The van der Waals surface area contributed by atoms with Gasteiger partial charge >= 0.3 is 0 Å². The fourth-order valence-corrected chi connectivity index (χ4v) is 1.45. The number of benzene rings is 1. The second-order valence-corrected chi connectivity index (χ2v) is 3.64. The van der Waals surface area contributed by atoms with Crippen molar-refractivity contribution >= 4 is 27.7 Å². The number of halogens is 1. The van der Waals surface area contributed by atoms with Gasteiger partial charge < -0.3 is 5.73 Å². The Labute approximate surface area is 87.1 Å². The Bertz CT molecular complexity index is 353. The zero-order chi connectivity index (χ0) is 9.84. The number of rotatable bonds is 2. The van der Waals surface area contributed by atoms with Gasteiger partial charge in [-0.2, -0.15) is 0 Å². The minimum atomic E-state index is 0.776. The molecular weight excluding hydrogens is 226 g/mol. The molecule has 0 unspecified atom stereocenters. The average molecular weight is 238 g/mol. The molecule has 13 heavy (non-hydrogen) atoms. The van der Waals surface area contributed by atoms with Crippen LogP contribution >= 0.6 is 15.9 Å². The summed E-state index contributed by atoms with van der Waals surface area (Å²) in [5, 5.41) is 0. The zero-order valence-corrected chi connectivity index (χ0v) is 9.14. The van der Waals surface area contributed by atoms with E-state index < -0.39 is 0 Å². The van der Waals surface area contributed by atoms with Crippen LogP contribution in [0.2, 0.25) is 0 Å². The predicted molar refractivity (Wildman–Crippen MR) is 62.5 cm³/mol. The summed E-state index contributed by atoms with van der Waals surface area (Å²) in [7, 11) is 0. The lowest BCUT2D eigenvalue weighted by Gasteiger charge is -2.06. The van der Waals surface area contributed by atoms with Crippen molar-refractivity contribution in [1.82, 2.24) is 0 Å². The summed E-state index contributed by atoms with van der Waals surface area (Å²) in [5.74, 6) is 0. The van der Waals surface area contributed by atoms with Gasteiger partial charge in [0.2, 0.25) is 0 Å². The molecule has 1 aromatic carbocycles. The van der Waals surface area contributed by atoms with E-state index in [1.54, 1.807) is 6.08 Å². The van der Waals surface area contributed by atoms with Crippen LogP contribution in [0.3, 0.4) is 0 Å². The maximum atomic E-state index is 5.89. The van der Waals surface area contributed by atoms with Crippen LogP contribution in [0.15, 0.2) is 35.3 Å². The number of hydrogen-bond acceptors (Lipinski definition) is 1. The van der Waals surface area contributed by atoms with Crippen LogP contribution in [0, 0.1) is 6.92 Å². The summed E-state index contributed by atoms with van der Waals surface area (Å²) in [6.07, 6.45) is 5.58.